The Morgan fingerprint density at radius 2 is 2.22 bits per heavy atom. The Labute approximate surface area is 111 Å². The van der Waals surface area contributed by atoms with E-state index in [0.29, 0.717) is 11.5 Å². The third-order valence-corrected chi connectivity index (χ3v) is 3.36. The van der Waals surface area contributed by atoms with E-state index in [4.69, 9.17) is 10.5 Å². The van der Waals surface area contributed by atoms with Crippen LogP contribution in [-0.4, -0.2) is 37.0 Å². The number of nitrogens with zero attached hydrogens (tertiary/aromatic N) is 1. The topological polar surface area (TPSA) is 74.4 Å². The SMILES string of the molecule is COC(=O)C(N)CSCc1cc(OC)cc(C)n1. The number of pyridine rings is 1. The second-order valence-corrected chi connectivity index (χ2v) is 4.81. The fourth-order valence-corrected chi connectivity index (χ4v) is 2.27. The summed E-state index contributed by atoms with van der Waals surface area (Å²) in [5, 5.41) is 0. The van der Waals surface area contributed by atoms with Gasteiger partial charge in [0.05, 0.1) is 19.9 Å². The second kappa shape index (κ2) is 7.23. The molecule has 0 bridgehead atoms. The number of aryl methyl sites for hydroxylation is 1. The highest BCUT2D eigenvalue weighted by molar-refractivity contribution is 7.98. The van der Waals surface area contributed by atoms with Gasteiger partial charge in [0.25, 0.3) is 0 Å². The van der Waals surface area contributed by atoms with Crippen molar-refractivity contribution in [2.24, 2.45) is 5.73 Å². The van der Waals surface area contributed by atoms with Gasteiger partial charge in [0, 0.05) is 29.3 Å². The summed E-state index contributed by atoms with van der Waals surface area (Å²) in [4.78, 5) is 15.5. The first kappa shape index (κ1) is 14.8. The molecule has 1 aromatic rings. The van der Waals surface area contributed by atoms with Crippen LogP contribution in [0.25, 0.3) is 0 Å². The van der Waals surface area contributed by atoms with Gasteiger partial charge >= 0.3 is 5.97 Å². The van der Waals surface area contributed by atoms with Crippen molar-refractivity contribution in [2.45, 2.75) is 18.7 Å². The van der Waals surface area contributed by atoms with Gasteiger partial charge in [-0.2, -0.15) is 11.8 Å². The minimum Gasteiger partial charge on any atom is -0.497 e. The smallest absolute Gasteiger partial charge is 0.323 e. The number of carbonyl (C=O) groups is 1. The molecule has 0 aliphatic heterocycles. The molecular weight excluding hydrogens is 252 g/mol. The molecule has 1 aromatic heterocycles. The Kier molecular flexibility index (Phi) is 5.94. The number of thioether (sulfide) groups is 1. The lowest BCUT2D eigenvalue weighted by atomic mass is 10.3. The molecule has 0 aliphatic carbocycles. The van der Waals surface area contributed by atoms with Gasteiger partial charge in [0.1, 0.15) is 11.8 Å². The van der Waals surface area contributed by atoms with Crippen molar-refractivity contribution in [3.05, 3.63) is 23.5 Å². The number of methoxy groups -OCH3 is 2. The molecule has 0 spiro atoms. The lowest BCUT2D eigenvalue weighted by Crippen LogP contribution is -2.33. The van der Waals surface area contributed by atoms with E-state index in [1.807, 2.05) is 19.1 Å². The summed E-state index contributed by atoms with van der Waals surface area (Å²) >= 11 is 1.54. The lowest BCUT2D eigenvalue weighted by Gasteiger charge is -2.09. The minimum atomic E-state index is -0.591. The quantitative estimate of drug-likeness (QED) is 0.781. The maximum atomic E-state index is 11.1. The number of ether oxygens (including phenoxy) is 2. The molecule has 0 aromatic carbocycles. The molecule has 2 N–H and O–H groups in total. The van der Waals surface area contributed by atoms with Crippen molar-refractivity contribution in [1.82, 2.24) is 4.98 Å². The van der Waals surface area contributed by atoms with Gasteiger partial charge in [-0.05, 0) is 6.92 Å². The number of hydrogen-bond acceptors (Lipinski definition) is 6. The molecule has 100 valence electrons. The molecular formula is C12H18N2O3S. The number of esters is 1. The van der Waals surface area contributed by atoms with Crippen LogP contribution in [-0.2, 0) is 15.3 Å². The Hall–Kier alpha value is -1.27. The Morgan fingerprint density at radius 1 is 1.50 bits per heavy atom. The Bertz CT molecular complexity index is 412. The van der Waals surface area contributed by atoms with E-state index in [2.05, 4.69) is 9.72 Å². The normalized spacial score (nSPS) is 12.0. The van der Waals surface area contributed by atoms with E-state index in [9.17, 15) is 4.79 Å². The molecule has 1 unspecified atom stereocenters. The van der Waals surface area contributed by atoms with Crippen molar-refractivity contribution >= 4 is 17.7 Å². The van der Waals surface area contributed by atoms with Crippen LogP contribution in [0.3, 0.4) is 0 Å². The number of hydrogen-bond donors (Lipinski definition) is 1. The van der Waals surface area contributed by atoms with E-state index >= 15 is 0 Å². The van der Waals surface area contributed by atoms with Crippen molar-refractivity contribution in [3.63, 3.8) is 0 Å². The van der Waals surface area contributed by atoms with Gasteiger partial charge in [0.15, 0.2) is 0 Å². The Balaban J connectivity index is 2.48. The molecule has 1 heterocycles. The van der Waals surface area contributed by atoms with E-state index in [-0.39, 0.29) is 0 Å². The minimum absolute atomic E-state index is 0.391. The number of aromatic nitrogens is 1. The standard InChI is InChI=1S/C12H18N2O3S/c1-8-4-10(16-2)5-9(14-8)6-18-7-11(13)12(15)17-3/h4-5,11H,6-7,13H2,1-3H3. The van der Waals surface area contributed by atoms with Crippen molar-refractivity contribution < 1.29 is 14.3 Å². The summed E-state index contributed by atoms with van der Waals surface area (Å²) in [6.45, 7) is 1.91. The van der Waals surface area contributed by atoms with Crippen LogP contribution in [0, 0.1) is 6.92 Å². The van der Waals surface area contributed by atoms with Crippen molar-refractivity contribution in [3.8, 4) is 5.75 Å². The second-order valence-electron chi connectivity index (χ2n) is 3.78. The third kappa shape index (κ3) is 4.54. The maximum Gasteiger partial charge on any atom is 0.323 e. The third-order valence-electron chi connectivity index (χ3n) is 2.27. The van der Waals surface area contributed by atoms with E-state index in [0.717, 1.165) is 17.1 Å². The highest BCUT2D eigenvalue weighted by atomic mass is 32.2. The maximum absolute atomic E-state index is 11.1. The van der Waals surface area contributed by atoms with Crippen LogP contribution in [0.5, 0.6) is 5.75 Å². The van der Waals surface area contributed by atoms with Crippen LogP contribution < -0.4 is 10.5 Å². The van der Waals surface area contributed by atoms with Gasteiger partial charge in [0.2, 0.25) is 0 Å². The van der Waals surface area contributed by atoms with Gasteiger partial charge in [-0.15, -0.1) is 0 Å². The van der Waals surface area contributed by atoms with E-state index in [1.165, 1.54) is 7.11 Å². The molecule has 5 nitrogen and oxygen atoms in total. The average Bonchev–Trinajstić information content (AvgIpc) is 2.36. The monoisotopic (exact) mass is 270 g/mol. The molecule has 1 atom stereocenters. The van der Waals surface area contributed by atoms with Crippen LogP contribution in [0.1, 0.15) is 11.4 Å². The molecule has 1 rings (SSSR count). The Morgan fingerprint density at radius 3 is 2.83 bits per heavy atom. The molecule has 0 saturated carbocycles. The summed E-state index contributed by atoms with van der Waals surface area (Å²) in [6.07, 6.45) is 0. The van der Waals surface area contributed by atoms with E-state index < -0.39 is 12.0 Å². The zero-order valence-corrected chi connectivity index (χ0v) is 11.6. The number of nitrogens with two attached hydrogens (primary N) is 1. The summed E-state index contributed by atoms with van der Waals surface area (Å²) in [7, 11) is 2.96. The lowest BCUT2D eigenvalue weighted by molar-refractivity contribution is -0.141. The number of carbonyl (C=O) groups excluding carboxylic acids is 1. The summed E-state index contributed by atoms with van der Waals surface area (Å²) < 4.78 is 9.73. The molecule has 0 amide bonds. The summed E-state index contributed by atoms with van der Waals surface area (Å²) in [5.41, 5.74) is 7.45. The largest absolute Gasteiger partial charge is 0.497 e. The zero-order valence-electron chi connectivity index (χ0n) is 10.8. The molecule has 0 radical (unpaired) electrons. The van der Waals surface area contributed by atoms with Crippen LogP contribution in [0.4, 0.5) is 0 Å². The fourth-order valence-electron chi connectivity index (χ4n) is 1.40. The van der Waals surface area contributed by atoms with Crippen molar-refractivity contribution in [2.75, 3.05) is 20.0 Å². The van der Waals surface area contributed by atoms with Crippen molar-refractivity contribution in [1.29, 1.82) is 0 Å². The van der Waals surface area contributed by atoms with Gasteiger partial charge in [-0.25, -0.2) is 0 Å². The first-order chi connectivity index (χ1) is 8.56. The first-order valence-electron chi connectivity index (χ1n) is 5.49. The predicted octanol–water partition coefficient (Wildman–Crippen LogP) is 1.13. The molecule has 0 aliphatic rings. The average molecular weight is 270 g/mol. The number of rotatable bonds is 6. The van der Waals surface area contributed by atoms with Crippen LogP contribution in [0.15, 0.2) is 12.1 Å². The fraction of sp³-hybridized carbons (Fsp3) is 0.500. The first-order valence-corrected chi connectivity index (χ1v) is 6.65. The predicted molar refractivity (Wildman–Crippen MR) is 71.7 cm³/mol. The van der Waals surface area contributed by atoms with Gasteiger partial charge in [-0.3, -0.25) is 9.78 Å². The van der Waals surface area contributed by atoms with E-state index in [1.54, 1.807) is 18.9 Å². The molecule has 18 heavy (non-hydrogen) atoms. The summed E-state index contributed by atoms with van der Waals surface area (Å²) in [5.74, 6) is 1.58. The van der Waals surface area contributed by atoms with Gasteiger partial charge < -0.3 is 15.2 Å². The molecule has 0 saturated heterocycles. The highest BCUT2D eigenvalue weighted by Gasteiger charge is 2.13. The highest BCUT2D eigenvalue weighted by Crippen LogP contribution is 2.18. The van der Waals surface area contributed by atoms with Crippen LogP contribution in [0.2, 0.25) is 0 Å². The zero-order chi connectivity index (χ0) is 13.5. The molecule has 0 fully saturated rings. The summed E-state index contributed by atoms with van der Waals surface area (Å²) in [6, 6.07) is 3.16. The van der Waals surface area contributed by atoms with Gasteiger partial charge in [-0.1, -0.05) is 0 Å². The van der Waals surface area contributed by atoms with Crippen LogP contribution >= 0.6 is 11.8 Å². The molecule has 6 heteroatoms.